The number of ether oxygens (including phenoxy) is 1. The van der Waals surface area contributed by atoms with Crippen LogP contribution in [-0.2, 0) is 16.6 Å². The van der Waals surface area contributed by atoms with Gasteiger partial charge in [0.2, 0.25) is 0 Å². The molecule has 12 heteroatoms. The number of carbonyl (C=O) groups is 1. The van der Waals surface area contributed by atoms with Crippen molar-refractivity contribution in [2.75, 3.05) is 26.2 Å². The van der Waals surface area contributed by atoms with Gasteiger partial charge in [-0.05, 0) is 79.2 Å². The van der Waals surface area contributed by atoms with Crippen molar-refractivity contribution in [3.63, 3.8) is 0 Å². The molecule has 5 rings (SSSR count). The predicted octanol–water partition coefficient (Wildman–Crippen LogP) is 8.56. The molecule has 1 aliphatic rings. The lowest BCUT2D eigenvalue weighted by Gasteiger charge is -2.42. The van der Waals surface area contributed by atoms with Crippen molar-refractivity contribution in [2.45, 2.75) is 37.2 Å². The number of hydrogen-bond acceptors (Lipinski definition) is 4. The van der Waals surface area contributed by atoms with E-state index in [-0.39, 0.29) is 11.5 Å². The van der Waals surface area contributed by atoms with Gasteiger partial charge in [-0.25, -0.2) is 9.18 Å². The number of piperidine rings is 1. The first-order valence-electron chi connectivity index (χ1n) is 15.2. The number of likely N-dealkylation sites (tertiary alicyclic amines) is 1. The molecule has 1 aliphatic heterocycles. The smallest absolute Gasteiger partial charge is 0.490 e. The molecule has 2 N–H and O–H groups in total. The van der Waals surface area contributed by atoms with Crippen LogP contribution in [0.15, 0.2) is 103 Å². The van der Waals surface area contributed by atoms with E-state index in [2.05, 4.69) is 4.90 Å². The molecule has 48 heavy (non-hydrogen) atoms. The van der Waals surface area contributed by atoms with Gasteiger partial charge in [-0.3, -0.25) is 0 Å². The van der Waals surface area contributed by atoms with Crippen molar-refractivity contribution < 1.29 is 50.5 Å². The Balaban J connectivity index is 0.000000671. The fraction of sp³-hybridized carbons (Fsp3) is 0.306. The van der Waals surface area contributed by atoms with Gasteiger partial charge in [0.05, 0.1) is 12.2 Å². The van der Waals surface area contributed by atoms with Gasteiger partial charge in [0.25, 0.3) is 0 Å². The van der Waals surface area contributed by atoms with Crippen LogP contribution in [0.4, 0.5) is 30.7 Å². The second kappa shape index (κ2) is 15.7. The summed E-state index contributed by atoms with van der Waals surface area (Å²) in [6.45, 7) is 3.16. The number of carboxylic acid groups (broad SMARTS) is 1. The van der Waals surface area contributed by atoms with Crippen molar-refractivity contribution in [3.8, 4) is 16.9 Å². The Morgan fingerprint density at radius 2 is 1.29 bits per heavy atom. The second-order valence-corrected chi connectivity index (χ2v) is 11.3. The molecule has 0 bridgehead atoms. The van der Waals surface area contributed by atoms with Gasteiger partial charge >= 0.3 is 18.3 Å². The Bertz CT molecular complexity index is 1560. The number of alkyl halides is 6. The summed E-state index contributed by atoms with van der Waals surface area (Å²) < 4.78 is 90.4. The van der Waals surface area contributed by atoms with Gasteiger partial charge in [-0.15, -0.1) is 0 Å². The Hall–Kier alpha value is -4.42. The van der Waals surface area contributed by atoms with E-state index >= 15 is 0 Å². The Kier molecular flexibility index (Phi) is 11.9. The minimum atomic E-state index is -5.08. The molecular weight excluding hydrogens is 643 g/mol. The molecule has 0 amide bonds. The molecule has 4 aromatic carbocycles. The van der Waals surface area contributed by atoms with Crippen molar-refractivity contribution >= 4 is 5.97 Å². The van der Waals surface area contributed by atoms with Crippen molar-refractivity contribution in [1.82, 2.24) is 4.90 Å². The van der Waals surface area contributed by atoms with Crippen LogP contribution in [-0.4, -0.2) is 53.5 Å². The molecule has 4 aromatic rings. The Labute approximate surface area is 273 Å². The first-order chi connectivity index (χ1) is 22.7. The number of hydrogen-bond donors (Lipinski definition) is 2. The summed E-state index contributed by atoms with van der Waals surface area (Å²) in [7, 11) is 0. The number of aliphatic carboxylic acids is 1. The SMILES string of the molecule is O=C(O)C(F)(F)F.OC(c1ccccc1)(c1ccccc1)C1CCN(CCCOc2ccc(-c3ccc(C(F)(F)F)cc3F)cc2)CC1. The molecule has 1 heterocycles. The molecule has 0 aliphatic carbocycles. The normalized spacial score (nSPS) is 14.6. The van der Waals surface area contributed by atoms with E-state index in [0.717, 1.165) is 62.2 Å². The van der Waals surface area contributed by atoms with E-state index in [1.54, 1.807) is 24.3 Å². The number of benzene rings is 4. The highest BCUT2D eigenvalue weighted by Crippen LogP contribution is 2.42. The summed E-state index contributed by atoms with van der Waals surface area (Å²) >= 11 is 0. The van der Waals surface area contributed by atoms with Gasteiger partial charge in [0.1, 0.15) is 17.2 Å². The number of rotatable bonds is 9. The molecule has 1 fully saturated rings. The number of nitrogens with zero attached hydrogens (tertiary/aromatic N) is 1. The maximum absolute atomic E-state index is 14.3. The number of carboxylic acids is 1. The zero-order valence-corrected chi connectivity index (χ0v) is 25.6. The first-order valence-corrected chi connectivity index (χ1v) is 15.2. The summed E-state index contributed by atoms with van der Waals surface area (Å²) in [5.74, 6) is -2.95. The lowest BCUT2D eigenvalue weighted by molar-refractivity contribution is -0.192. The standard InChI is InChI=1S/C34H33F4NO2.C2HF3O2/c35-32-24-29(34(36,37)38)14-17-31(32)25-12-15-30(16-13-25)41-23-7-20-39-21-18-28(19-22-39)33(40,26-8-3-1-4-9-26)27-10-5-2-6-11-27;3-2(4,5)1(6)7/h1-6,8-17,24,28,40H,7,18-23H2;(H,6,7). The Morgan fingerprint density at radius 3 is 1.75 bits per heavy atom. The summed E-state index contributed by atoms with van der Waals surface area (Å²) in [5.41, 5.74) is 0.394. The van der Waals surface area contributed by atoms with Crippen LogP contribution >= 0.6 is 0 Å². The summed E-state index contributed by atoms with van der Waals surface area (Å²) in [6.07, 6.45) is -7.09. The zero-order chi connectivity index (χ0) is 35.0. The van der Waals surface area contributed by atoms with Crippen molar-refractivity contribution in [1.29, 1.82) is 0 Å². The van der Waals surface area contributed by atoms with Crippen LogP contribution in [0.5, 0.6) is 5.75 Å². The van der Waals surface area contributed by atoms with Gasteiger partial charge < -0.3 is 19.8 Å². The lowest BCUT2D eigenvalue weighted by Crippen LogP contribution is -2.44. The number of halogens is 7. The van der Waals surface area contributed by atoms with Crippen LogP contribution in [0.25, 0.3) is 11.1 Å². The molecule has 0 unspecified atom stereocenters. The van der Waals surface area contributed by atoms with Crippen LogP contribution in [0.2, 0.25) is 0 Å². The molecule has 0 aromatic heterocycles. The molecule has 0 saturated carbocycles. The summed E-state index contributed by atoms with van der Waals surface area (Å²) in [5, 5.41) is 19.2. The minimum absolute atomic E-state index is 0.104. The van der Waals surface area contributed by atoms with E-state index in [9.17, 15) is 35.8 Å². The molecule has 0 spiro atoms. The lowest BCUT2D eigenvalue weighted by atomic mass is 9.72. The summed E-state index contributed by atoms with van der Waals surface area (Å²) in [6, 6.07) is 29.1. The van der Waals surface area contributed by atoms with Gasteiger partial charge in [-0.2, -0.15) is 26.3 Å². The predicted molar refractivity (Wildman–Crippen MR) is 166 cm³/mol. The quantitative estimate of drug-likeness (QED) is 0.137. The van der Waals surface area contributed by atoms with Crippen LogP contribution in [0, 0.1) is 11.7 Å². The summed E-state index contributed by atoms with van der Waals surface area (Å²) in [4.78, 5) is 11.3. The fourth-order valence-electron chi connectivity index (χ4n) is 5.73. The van der Waals surface area contributed by atoms with E-state index in [4.69, 9.17) is 14.6 Å². The fourth-order valence-corrected chi connectivity index (χ4v) is 5.73. The third-order valence-corrected chi connectivity index (χ3v) is 8.20. The van der Waals surface area contributed by atoms with Crippen LogP contribution in [0.1, 0.15) is 36.0 Å². The molecular formula is C36H34F7NO4. The molecule has 0 atom stereocenters. The van der Waals surface area contributed by atoms with Crippen molar-refractivity contribution in [2.24, 2.45) is 5.92 Å². The minimum Gasteiger partial charge on any atom is -0.494 e. The Morgan fingerprint density at radius 1 is 0.771 bits per heavy atom. The van der Waals surface area contributed by atoms with E-state index in [1.807, 2.05) is 60.7 Å². The average molecular weight is 678 g/mol. The molecule has 1 saturated heterocycles. The van der Waals surface area contributed by atoms with E-state index in [0.29, 0.717) is 24.0 Å². The maximum atomic E-state index is 14.3. The average Bonchev–Trinajstić information content (AvgIpc) is 3.07. The van der Waals surface area contributed by atoms with Crippen molar-refractivity contribution in [3.05, 3.63) is 126 Å². The monoisotopic (exact) mass is 677 g/mol. The largest absolute Gasteiger partial charge is 0.494 e. The number of aliphatic hydroxyl groups is 1. The zero-order valence-electron chi connectivity index (χ0n) is 25.6. The molecule has 0 radical (unpaired) electrons. The van der Waals surface area contributed by atoms with E-state index in [1.165, 1.54) is 0 Å². The molecule has 256 valence electrons. The molecule has 5 nitrogen and oxygen atoms in total. The third-order valence-electron chi connectivity index (χ3n) is 8.20. The highest BCUT2D eigenvalue weighted by molar-refractivity contribution is 5.73. The second-order valence-electron chi connectivity index (χ2n) is 11.3. The van der Waals surface area contributed by atoms with Crippen LogP contribution < -0.4 is 4.74 Å². The highest BCUT2D eigenvalue weighted by atomic mass is 19.4. The first kappa shape index (κ1) is 36.4. The highest BCUT2D eigenvalue weighted by Gasteiger charge is 2.41. The van der Waals surface area contributed by atoms with Gasteiger partial charge in [0, 0.05) is 12.1 Å². The van der Waals surface area contributed by atoms with Gasteiger partial charge in [0.15, 0.2) is 0 Å². The van der Waals surface area contributed by atoms with Gasteiger partial charge in [-0.1, -0.05) is 78.9 Å². The topological polar surface area (TPSA) is 70.0 Å². The maximum Gasteiger partial charge on any atom is 0.490 e. The van der Waals surface area contributed by atoms with E-state index < -0.39 is 35.3 Å². The van der Waals surface area contributed by atoms with Crippen LogP contribution in [0.3, 0.4) is 0 Å². The third kappa shape index (κ3) is 9.35.